The topological polar surface area (TPSA) is 98.5 Å². The van der Waals surface area contributed by atoms with E-state index in [0.29, 0.717) is 5.56 Å². The van der Waals surface area contributed by atoms with Crippen LogP contribution in [0.3, 0.4) is 0 Å². The second kappa shape index (κ2) is 6.01. The minimum Gasteiger partial charge on any atom is -0.468 e. The van der Waals surface area contributed by atoms with Gasteiger partial charge in [-0.05, 0) is 13.3 Å². The quantitative estimate of drug-likeness (QED) is 0.511. The van der Waals surface area contributed by atoms with E-state index in [4.69, 9.17) is 0 Å². The molecule has 112 valence electrons. The summed E-state index contributed by atoms with van der Waals surface area (Å²) in [6, 6.07) is 5.04. The lowest BCUT2D eigenvalue weighted by Crippen LogP contribution is -2.33. The summed E-state index contributed by atoms with van der Waals surface area (Å²) in [5, 5.41) is 14.1. The van der Waals surface area contributed by atoms with E-state index in [1.54, 1.807) is 18.2 Å². The molecule has 1 fully saturated rings. The largest absolute Gasteiger partial charge is 0.468 e. The summed E-state index contributed by atoms with van der Waals surface area (Å²) in [4.78, 5) is 34.1. The molecule has 7 nitrogen and oxygen atoms in total. The Bertz CT molecular complexity index is 586. The Morgan fingerprint density at radius 3 is 2.62 bits per heavy atom. The lowest BCUT2D eigenvalue weighted by Gasteiger charge is -2.17. The number of nitro groups is 1. The maximum atomic E-state index is 11.8. The second-order valence-electron chi connectivity index (χ2n) is 4.99. The van der Waals surface area contributed by atoms with Crippen molar-refractivity contribution in [2.45, 2.75) is 25.4 Å². The fourth-order valence-corrected chi connectivity index (χ4v) is 2.72. The molecule has 21 heavy (non-hydrogen) atoms. The van der Waals surface area contributed by atoms with Gasteiger partial charge in [0.05, 0.1) is 12.0 Å². The third-order valence-corrected chi connectivity index (χ3v) is 3.75. The van der Waals surface area contributed by atoms with Crippen LogP contribution in [-0.2, 0) is 14.3 Å². The van der Waals surface area contributed by atoms with Crippen molar-refractivity contribution in [2.24, 2.45) is 5.92 Å². The molecule has 0 radical (unpaired) electrons. The first-order chi connectivity index (χ1) is 9.95. The van der Waals surface area contributed by atoms with Crippen LogP contribution >= 0.6 is 0 Å². The molecule has 1 aliphatic rings. The number of ether oxygens (including phenoxy) is 1. The van der Waals surface area contributed by atoms with Gasteiger partial charge in [-0.25, -0.2) is 0 Å². The van der Waals surface area contributed by atoms with Crippen LogP contribution in [0.4, 0.5) is 5.69 Å². The highest BCUT2D eigenvalue weighted by Gasteiger charge is 2.43. The van der Waals surface area contributed by atoms with E-state index in [9.17, 15) is 19.7 Å². The maximum Gasteiger partial charge on any atom is 0.322 e. The van der Waals surface area contributed by atoms with Crippen molar-refractivity contribution >= 4 is 17.4 Å². The number of Topliss-reactive ketones (excluding diaryl/α,β-unsaturated/α-hetero) is 1. The molecule has 1 aromatic carbocycles. The zero-order valence-electron chi connectivity index (χ0n) is 11.7. The number of carbonyl (C=O) groups excluding carboxylic acids is 2. The Labute approximate surface area is 121 Å². The van der Waals surface area contributed by atoms with E-state index in [2.05, 4.69) is 10.1 Å². The number of carbonyl (C=O) groups is 2. The van der Waals surface area contributed by atoms with Crippen LogP contribution < -0.4 is 5.32 Å². The third-order valence-electron chi connectivity index (χ3n) is 3.75. The van der Waals surface area contributed by atoms with Gasteiger partial charge in [-0.2, -0.15) is 0 Å². The van der Waals surface area contributed by atoms with Gasteiger partial charge in [0.2, 0.25) is 0 Å². The monoisotopic (exact) mass is 292 g/mol. The molecular weight excluding hydrogens is 276 g/mol. The lowest BCUT2D eigenvalue weighted by molar-refractivity contribution is -0.385. The summed E-state index contributed by atoms with van der Waals surface area (Å²) in [6.07, 6.45) is 0.277. The molecule has 0 saturated carbocycles. The van der Waals surface area contributed by atoms with Crippen LogP contribution in [-0.4, -0.2) is 29.8 Å². The summed E-state index contributed by atoms with van der Waals surface area (Å²) < 4.78 is 4.68. The first-order valence-corrected chi connectivity index (χ1v) is 6.53. The Morgan fingerprint density at radius 1 is 1.38 bits per heavy atom. The van der Waals surface area contributed by atoms with Crippen molar-refractivity contribution < 1.29 is 19.2 Å². The standard InChI is InChI=1S/C14H16N2O5/c1-8(17)10-7-11(14(18)21-2)15-13(10)9-5-3-4-6-12(9)16(19)20/h3-6,10-11,13,15H,7H2,1-2H3/t10-,11+,13+/m0/s1. The predicted octanol–water partition coefficient (Wildman–Crippen LogP) is 1.38. The van der Waals surface area contributed by atoms with Crippen molar-refractivity contribution in [1.29, 1.82) is 0 Å². The van der Waals surface area contributed by atoms with Crippen LogP contribution in [0.1, 0.15) is 24.9 Å². The summed E-state index contributed by atoms with van der Waals surface area (Å²) in [5.41, 5.74) is 0.348. The van der Waals surface area contributed by atoms with Crippen molar-refractivity contribution in [3.8, 4) is 0 Å². The molecule has 1 saturated heterocycles. The van der Waals surface area contributed by atoms with Gasteiger partial charge in [0.15, 0.2) is 0 Å². The minimum atomic E-state index is -0.631. The molecule has 2 rings (SSSR count). The number of benzene rings is 1. The molecule has 1 heterocycles. The Morgan fingerprint density at radius 2 is 2.05 bits per heavy atom. The van der Waals surface area contributed by atoms with E-state index in [-0.39, 0.29) is 17.9 Å². The van der Waals surface area contributed by atoms with Gasteiger partial charge in [0.1, 0.15) is 11.8 Å². The van der Waals surface area contributed by atoms with E-state index in [0.717, 1.165) is 0 Å². The smallest absolute Gasteiger partial charge is 0.322 e. The fraction of sp³-hybridized carbons (Fsp3) is 0.429. The van der Waals surface area contributed by atoms with Crippen LogP contribution in [0.25, 0.3) is 0 Å². The van der Waals surface area contributed by atoms with Crippen molar-refractivity contribution in [3.05, 3.63) is 39.9 Å². The number of nitrogens with one attached hydrogen (secondary N) is 1. The Hall–Kier alpha value is -2.28. The van der Waals surface area contributed by atoms with Crippen LogP contribution in [0.5, 0.6) is 0 Å². The average molecular weight is 292 g/mol. The van der Waals surface area contributed by atoms with Crippen molar-refractivity contribution in [1.82, 2.24) is 5.32 Å². The number of nitrogens with zero attached hydrogens (tertiary/aromatic N) is 1. The number of para-hydroxylation sites is 1. The molecule has 3 atom stereocenters. The van der Waals surface area contributed by atoms with Gasteiger partial charge in [-0.15, -0.1) is 0 Å². The maximum absolute atomic E-state index is 11.8. The van der Waals surface area contributed by atoms with Gasteiger partial charge in [-0.1, -0.05) is 18.2 Å². The average Bonchev–Trinajstić information content (AvgIpc) is 2.91. The van der Waals surface area contributed by atoms with Gasteiger partial charge in [0, 0.05) is 23.6 Å². The predicted molar refractivity (Wildman–Crippen MR) is 73.6 cm³/mol. The van der Waals surface area contributed by atoms with Gasteiger partial charge < -0.3 is 4.74 Å². The summed E-state index contributed by atoms with van der Waals surface area (Å²) >= 11 is 0. The number of rotatable bonds is 4. The van der Waals surface area contributed by atoms with E-state index < -0.39 is 28.9 Å². The second-order valence-corrected chi connectivity index (χ2v) is 4.99. The number of ketones is 1. The van der Waals surface area contributed by atoms with E-state index in [1.807, 2.05) is 0 Å². The van der Waals surface area contributed by atoms with Crippen molar-refractivity contribution in [3.63, 3.8) is 0 Å². The van der Waals surface area contributed by atoms with E-state index >= 15 is 0 Å². The number of nitro benzene ring substituents is 1. The highest BCUT2D eigenvalue weighted by Crippen LogP contribution is 2.37. The van der Waals surface area contributed by atoms with E-state index in [1.165, 1.54) is 20.1 Å². The summed E-state index contributed by atoms with van der Waals surface area (Å²) in [5.74, 6) is -1.07. The SMILES string of the molecule is COC(=O)[C@H]1C[C@@H](C(C)=O)[C@@H](c2ccccc2[N+](=O)[O-])N1. The fourth-order valence-electron chi connectivity index (χ4n) is 2.72. The van der Waals surface area contributed by atoms with Crippen LogP contribution in [0, 0.1) is 16.0 Å². The summed E-state index contributed by atoms with van der Waals surface area (Å²) in [7, 11) is 1.27. The molecule has 1 aliphatic heterocycles. The van der Waals surface area contributed by atoms with Crippen LogP contribution in [0.15, 0.2) is 24.3 Å². The molecule has 0 spiro atoms. The molecule has 7 heteroatoms. The van der Waals surface area contributed by atoms with Gasteiger partial charge >= 0.3 is 5.97 Å². The molecule has 0 bridgehead atoms. The molecule has 0 unspecified atom stereocenters. The molecule has 1 N–H and O–H groups in total. The molecule has 0 aromatic heterocycles. The van der Waals surface area contributed by atoms with Crippen LogP contribution in [0.2, 0.25) is 0 Å². The zero-order chi connectivity index (χ0) is 15.6. The lowest BCUT2D eigenvalue weighted by atomic mass is 9.89. The highest BCUT2D eigenvalue weighted by atomic mass is 16.6. The number of methoxy groups -OCH3 is 1. The normalized spacial score (nSPS) is 24.6. The third kappa shape index (κ3) is 2.92. The van der Waals surface area contributed by atoms with Crippen molar-refractivity contribution in [2.75, 3.05) is 7.11 Å². The first kappa shape index (κ1) is 15.1. The number of esters is 1. The van der Waals surface area contributed by atoms with Gasteiger partial charge in [0.25, 0.3) is 5.69 Å². The molecule has 1 aromatic rings. The molecule has 0 amide bonds. The summed E-state index contributed by atoms with van der Waals surface area (Å²) in [6.45, 7) is 1.42. The number of hydrogen-bond donors (Lipinski definition) is 1. The Balaban J connectivity index is 2.39. The number of hydrogen-bond acceptors (Lipinski definition) is 6. The molecular formula is C14H16N2O5. The zero-order valence-corrected chi connectivity index (χ0v) is 11.7. The molecule has 0 aliphatic carbocycles. The van der Waals surface area contributed by atoms with Gasteiger partial charge in [-0.3, -0.25) is 25.0 Å². The Kier molecular flexibility index (Phi) is 4.32. The minimum absolute atomic E-state index is 0.0632. The first-order valence-electron chi connectivity index (χ1n) is 6.53. The highest BCUT2D eigenvalue weighted by molar-refractivity contribution is 5.83.